The number of carbonyl (C=O) groups is 2. The van der Waals surface area contributed by atoms with Gasteiger partial charge in [0.05, 0.1) is 18.2 Å². The van der Waals surface area contributed by atoms with Gasteiger partial charge < -0.3 is 14.7 Å². The highest BCUT2D eigenvalue weighted by Crippen LogP contribution is 2.22. The summed E-state index contributed by atoms with van der Waals surface area (Å²) in [5.41, 5.74) is 1.92. The number of carbonyl (C=O) groups excluding carboxylic acids is 2. The lowest BCUT2D eigenvalue weighted by molar-refractivity contribution is 0.111. The molecule has 0 saturated heterocycles. The number of para-hydroxylation sites is 1. The number of ether oxygens (including phenoxy) is 1. The highest BCUT2D eigenvalue weighted by molar-refractivity contribution is 5.80. The molecule has 5 nitrogen and oxygen atoms in total. The van der Waals surface area contributed by atoms with Crippen LogP contribution in [-0.2, 0) is 0 Å². The van der Waals surface area contributed by atoms with Crippen LogP contribution in [0, 0.1) is 0 Å². The van der Waals surface area contributed by atoms with Crippen LogP contribution in [0.5, 0.6) is 11.5 Å². The maximum absolute atomic E-state index is 10.6. The summed E-state index contributed by atoms with van der Waals surface area (Å²) >= 11 is 0. The molecule has 0 bridgehead atoms. The zero-order chi connectivity index (χ0) is 16.5. The molecular weight excluding hydrogens is 282 g/mol. The van der Waals surface area contributed by atoms with E-state index < -0.39 is 0 Å². The first-order valence-electron chi connectivity index (χ1n) is 6.57. The third kappa shape index (κ3) is 4.63. The number of aromatic hydroxyl groups is 1. The second-order valence-electron chi connectivity index (χ2n) is 4.62. The van der Waals surface area contributed by atoms with Gasteiger partial charge in [0, 0.05) is 25.8 Å². The van der Waals surface area contributed by atoms with Crippen LogP contribution in [0.25, 0.3) is 0 Å². The highest BCUT2D eigenvalue weighted by Gasteiger charge is 2.03. The van der Waals surface area contributed by atoms with Crippen LogP contribution in [0.2, 0.25) is 0 Å². The van der Waals surface area contributed by atoms with Crippen molar-refractivity contribution in [3.8, 4) is 11.5 Å². The van der Waals surface area contributed by atoms with Gasteiger partial charge in [-0.05, 0) is 24.3 Å². The summed E-state index contributed by atoms with van der Waals surface area (Å²) in [6.45, 7) is 0. The number of rotatable bonds is 4. The molecule has 0 atom stereocenters. The second kappa shape index (κ2) is 8.46. The Morgan fingerprint density at radius 2 is 1.64 bits per heavy atom. The van der Waals surface area contributed by atoms with Crippen molar-refractivity contribution in [2.75, 3.05) is 26.1 Å². The van der Waals surface area contributed by atoms with Crippen LogP contribution in [0.4, 0.5) is 5.69 Å². The first-order valence-corrected chi connectivity index (χ1v) is 6.57. The van der Waals surface area contributed by atoms with Crippen molar-refractivity contribution in [2.45, 2.75) is 0 Å². The van der Waals surface area contributed by atoms with Gasteiger partial charge in [-0.3, -0.25) is 9.59 Å². The van der Waals surface area contributed by atoms with Crippen LogP contribution >= 0.6 is 0 Å². The van der Waals surface area contributed by atoms with E-state index >= 15 is 0 Å². The molecule has 0 saturated carbocycles. The molecule has 0 radical (unpaired) electrons. The fourth-order valence-electron chi connectivity index (χ4n) is 1.66. The first-order chi connectivity index (χ1) is 10.5. The minimum atomic E-state index is 0.0347. The predicted molar refractivity (Wildman–Crippen MR) is 86.2 cm³/mol. The number of benzene rings is 2. The Labute approximate surface area is 129 Å². The highest BCUT2D eigenvalue weighted by atomic mass is 16.5. The summed E-state index contributed by atoms with van der Waals surface area (Å²) in [5.74, 6) is 0.647. The topological polar surface area (TPSA) is 66.8 Å². The number of phenolic OH excluding ortho intramolecular Hbond substituents is 1. The van der Waals surface area contributed by atoms with E-state index in [0.717, 1.165) is 12.0 Å². The minimum Gasteiger partial charge on any atom is -0.507 e. The van der Waals surface area contributed by atoms with Crippen molar-refractivity contribution < 1.29 is 19.4 Å². The summed E-state index contributed by atoms with van der Waals surface area (Å²) in [7, 11) is 5.44. The SMILES string of the molecule is COc1cc(N(C)C)ccc1C=O.O=Cc1ccccc1O. The Balaban J connectivity index is 0.000000235. The maximum Gasteiger partial charge on any atom is 0.153 e. The standard InChI is InChI=1S/C10H13NO2.C7H6O2/c1-11(2)9-5-4-8(7-12)10(6-9)13-3;8-5-6-3-1-2-4-7(6)9/h4-7H,1-3H3;1-5,9H. The monoisotopic (exact) mass is 301 g/mol. The quantitative estimate of drug-likeness (QED) is 0.880. The Bertz CT molecular complexity index is 638. The van der Waals surface area contributed by atoms with Crippen LogP contribution in [0.15, 0.2) is 42.5 Å². The third-order valence-corrected chi connectivity index (χ3v) is 2.92. The minimum absolute atomic E-state index is 0.0347. The molecular formula is C17H19NO4. The summed E-state index contributed by atoms with van der Waals surface area (Å²) < 4.78 is 5.07. The summed E-state index contributed by atoms with van der Waals surface area (Å²) in [6.07, 6.45) is 1.41. The normalized spacial score (nSPS) is 9.23. The molecule has 0 heterocycles. The zero-order valence-electron chi connectivity index (χ0n) is 12.8. The van der Waals surface area contributed by atoms with Crippen molar-refractivity contribution in [2.24, 2.45) is 0 Å². The second-order valence-corrected chi connectivity index (χ2v) is 4.62. The molecule has 2 aromatic carbocycles. The first kappa shape index (κ1) is 17.2. The molecule has 0 unspecified atom stereocenters. The van der Waals surface area contributed by atoms with E-state index in [4.69, 9.17) is 9.84 Å². The maximum atomic E-state index is 10.6. The van der Waals surface area contributed by atoms with E-state index in [1.807, 2.05) is 31.1 Å². The average Bonchev–Trinajstić information content (AvgIpc) is 2.55. The van der Waals surface area contributed by atoms with Gasteiger partial charge in [-0.2, -0.15) is 0 Å². The Morgan fingerprint density at radius 1 is 1.00 bits per heavy atom. The van der Waals surface area contributed by atoms with E-state index in [0.29, 0.717) is 23.2 Å². The molecule has 22 heavy (non-hydrogen) atoms. The smallest absolute Gasteiger partial charge is 0.153 e. The number of anilines is 1. The van der Waals surface area contributed by atoms with E-state index in [-0.39, 0.29) is 5.75 Å². The molecule has 2 rings (SSSR count). The number of hydrogen-bond acceptors (Lipinski definition) is 5. The Kier molecular flexibility index (Phi) is 6.63. The Morgan fingerprint density at radius 3 is 2.09 bits per heavy atom. The van der Waals surface area contributed by atoms with Gasteiger partial charge in [0.2, 0.25) is 0 Å². The summed E-state index contributed by atoms with van der Waals surface area (Å²) in [6, 6.07) is 11.9. The fourth-order valence-corrected chi connectivity index (χ4v) is 1.66. The van der Waals surface area contributed by atoms with Crippen molar-refractivity contribution in [1.29, 1.82) is 0 Å². The van der Waals surface area contributed by atoms with Crippen LogP contribution in [-0.4, -0.2) is 38.9 Å². The van der Waals surface area contributed by atoms with Gasteiger partial charge in [0.25, 0.3) is 0 Å². The molecule has 5 heteroatoms. The third-order valence-electron chi connectivity index (χ3n) is 2.92. The number of phenols is 1. The van der Waals surface area contributed by atoms with Gasteiger partial charge in [0.15, 0.2) is 12.6 Å². The molecule has 0 amide bonds. The van der Waals surface area contributed by atoms with Crippen LogP contribution < -0.4 is 9.64 Å². The van der Waals surface area contributed by atoms with Gasteiger partial charge in [-0.15, -0.1) is 0 Å². The molecule has 0 aromatic heterocycles. The average molecular weight is 301 g/mol. The van der Waals surface area contributed by atoms with Gasteiger partial charge in [-0.25, -0.2) is 0 Å². The van der Waals surface area contributed by atoms with E-state index in [1.54, 1.807) is 31.4 Å². The number of methoxy groups -OCH3 is 1. The van der Waals surface area contributed by atoms with Gasteiger partial charge >= 0.3 is 0 Å². The molecule has 0 aliphatic rings. The van der Waals surface area contributed by atoms with E-state index in [1.165, 1.54) is 6.07 Å². The van der Waals surface area contributed by atoms with Gasteiger partial charge in [-0.1, -0.05) is 12.1 Å². The molecule has 0 spiro atoms. The molecule has 1 N–H and O–H groups in total. The van der Waals surface area contributed by atoms with Crippen LogP contribution in [0.1, 0.15) is 20.7 Å². The van der Waals surface area contributed by atoms with Crippen molar-refractivity contribution in [1.82, 2.24) is 0 Å². The lowest BCUT2D eigenvalue weighted by atomic mass is 10.2. The molecule has 116 valence electrons. The van der Waals surface area contributed by atoms with Crippen LogP contribution in [0.3, 0.4) is 0 Å². The van der Waals surface area contributed by atoms with E-state index in [9.17, 15) is 9.59 Å². The van der Waals surface area contributed by atoms with Crippen molar-refractivity contribution >= 4 is 18.3 Å². The lowest BCUT2D eigenvalue weighted by Gasteiger charge is -2.14. The molecule has 0 fully saturated rings. The summed E-state index contributed by atoms with van der Waals surface area (Å²) in [4.78, 5) is 22.6. The van der Waals surface area contributed by atoms with E-state index in [2.05, 4.69) is 0 Å². The largest absolute Gasteiger partial charge is 0.507 e. The molecule has 0 aliphatic carbocycles. The number of aldehydes is 2. The fraction of sp³-hybridized carbons (Fsp3) is 0.176. The molecule has 0 aliphatic heterocycles. The molecule has 2 aromatic rings. The number of nitrogens with zero attached hydrogens (tertiary/aromatic N) is 1. The summed E-state index contributed by atoms with van der Waals surface area (Å²) in [5, 5.41) is 8.88. The number of hydrogen-bond donors (Lipinski definition) is 1. The van der Waals surface area contributed by atoms with Crippen molar-refractivity contribution in [3.05, 3.63) is 53.6 Å². The van der Waals surface area contributed by atoms with Gasteiger partial charge in [0.1, 0.15) is 11.5 Å². The lowest BCUT2D eigenvalue weighted by Crippen LogP contribution is -2.08. The predicted octanol–water partition coefficient (Wildman–Crippen LogP) is 2.78. The van der Waals surface area contributed by atoms with Crippen molar-refractivity contribution in [3.63, 3.8) is 0 Å². The zero-order valence-corrected chi connectivity index (χ0v) is 12.8. The Hall–Kier alpha value is -2.82.